The third kappa shape index (κ3) is 3.39. The number of furan rings is 1. The molecule has 0 fully saturated rings. The molecule has 0 aromatic carbocycles. The van der Waals surface area contributed by atoms with Crippen molar-refractivity contribution in [3.63, 3.8) is 0 Å². The standard InChI is InChI=1S/C8H11N3O4/c1-9-7(12)5-10-4-6-2-3-8(15-6)11(13)14/h2-3,10H,4-5H2,1H3,(H,9,12). The van der Waals surface area contributed by atoms with Gasteiger partial charge in [0.2, 0.25) is 5.91 Å². The SMILES string of the molecule is CNC(=O)CNCc1ccc([N+](=O)[O-])o1. The summed E-state index contributed by atoms with van der Waals surface area (Å²) in [6, 6.07) is 2.77. The van der Waals surface area contributed by atoms with Crippen LogP contribution >= 0.6 is 0 Å². The summed E-state index contributed by atoms with van der Waals surface area (Å²) in [5.74, 6) is -0.0339. The second-order valence-corrected chi connectivity index (χ2v) is 2.77. The minimum Gasteiger partial charge on any atom is -0.404 e. The highest BCUT2D eigenvalue weighted by atomic mass is 16.6. The van der Waals surface area contributed by atoms with E-state index in [0.29, 0.717) is 5.76 Å². The number of amides is 1. The largest absolute Gasteiger partial charge is 0.433 e. The van der Waals surface area contributed by atoms with Gasteiger partial charge in [-0.2, -0.15) is 0 Å². The number of carbonyl (C=O) groups excluding carboxylic acids is 1. The highest BCUT2D eigenvalue weighted by molar-refractivity contribution is 5.77. The summed E-state index contributed by atoms with van der Waals surface area (Å²) in [7, 11) is 1.53. The number of nitro groups is 1. The number of hydrogen-bond acceptors (Lipinski definition) is 5. The lowest BCUT2D eigenvalue weighted by Crippen LogP contribution is -2.30. The van der Waals surface area contributed by atoms with Gasteiger partial charge >= 0.3 is 5.88 Å². The van der Waals surface area contributed by atoms with E-state index in [-0.39, 0.29) is 24.9 Å². The van der Waals surface area contributed by atoms with Gasteiger partial charge in [0.15, 0.2) is 0 Å². The van der Waals surface area contributed by atoms with Crippen LogP contribution in [-0.2, 0) is 11.3 Å². The molecule has 0 saturated carbocycles. The first-order chi connectivity index (χ1) is 7.13. The lowest BCUT2D eigenvalue weighted by atomic mass is 10.4. The van der Waals surface area contributed by atoms with Crippen LogP contribution in [0.2, 0.25) is 0 Å². The van der Waals surface area contributed by atoms with Gasteiger partial charge < -0.3 is 15.1 Å². The third-order valence-electron chi connectivity index (χ3n) is 1.69. The molecule has 1 aromatic rings. The van der Waals surface area contributed by atoms with Crippen molar-refractivity contribution in [3.05, 3.63) is 28.0 Å². The Labute approximate surface area is 85.6 Å². The van der Waals surface area contributed by atoms with Crippen molar-refractivity contribution in [2.75, 3.05) is 13.6 Å². The summed E-state index contributed by atoms with van der Waals surface area (Å²) in [6.45, 7) is 0.423. The fourth-order valence-electron chi connectivity index (χ4n) is 0.947. The number of nitrogens with one attached hydrogen (secondary N) is 2. The minimum absolute atomic E-state index is 0.144. The Hall–Kier alpha value is -1.89. The first kappa shape index (κ1) is 11.2. The van der Waals surface area contributed by atoms with Crippen molar-refractivity contribution in [2.24, 2.45) is 0 Å². The Morgan fingerprint density at radius 2 is 2.33 bits per heavy atom. The van der Waals surface area contributed by atoms with Crippen molar-refractivity contribution in [3.8, 4) is 0 Å². The van der Waals surface area contributed by atoms with Crippen LogP contribution in [0.1, 0.15) is 5.76 Å². The Morgan fingerprint density at radius 1 is 1.60 bits per heavy atom. The van der Waals surface area contributed by atoms with E-state index in [1.807, 2.05) is 0 Å². The molecule has 1 aromatic heterocycles. The minimum atomic E-state index is -0.609. The second kappa shape index (κ2) is 5.11. The zero-order chi connectivity index (χ0) is 11.3. The summed E-state index contributed by atoms with van der Waals surface area (Å²) in [6.07, 6.45) is 0. The number of rotatable bonds is 5. The Morgan fingerprint density at radius 3 is 2.87 bits per heavy atom. The van der Waals surface area contributed by atoms with Gasteiger partial charge in [-0.1, -0.05) is 0 Å². The Bertz CT molecular complexity index is 361. The molecule has 82 valence electrons. The van der Waals surface area contributed by atoms with Crippen molar-refractivity contribution in [2.45, 2.75) is 6.54 Å². The number of carbonyl (C=O) groups is 1. The first-order valence-corrected chi connectivity index (χ1v) is 4.28. The lowest BCUT2D eigenvalue weighted by Gasteiger charge is -2.00. The second-order valence-electron chi connectivity index (χ2n) is 2.77. The lowest BCUT2D eigenvalue weighted by molar-refractivity contribution is -0.402. The number of likely N-dealkylation sites (N-methyl/N-ethyl adjacent to an activating group) is 1. The quantitative estimate of drug-likeness (QED) is 0.531. The summed E-state index contributed by atoms with van der Waals surface area (Å²) in [4.78, 5) is 20.5. The molecule has 0 radical (unpaired) electrons. The Balaban J connectivity index is 2.38. The monoisotopic (exact) mass is 213 g/mol. The molecule has 0 bridgehead atoms. The van der Waals surface area contributed by atoms with Gasteiger partial charge in [-0.3, -0.25) is 14.9 Å². The normalized spacial score (nSPS) is 9.93. The van der Waals surface area contributed by atoms with Crippen LogP contribution in [0.5, 0.6) is 0 Å². The summed E-state index contributed by atoms with van der Waals surface area (Å²) < 4.78 is 4.87. The molecule has 0 atom stereocenters. The van der Waals surface area contributed by atoms with Crippen LogP contribution in [0, 0.1) is 10.1 Å². The first-order valence-electron chi connectivity index (χ1n) is 4.28. The predicted molar refractivity (Wildman–Crippen MR) is 51.1 cm³/mol. The van der Waals surface area contributed by atoms with E-state index in [2.05, 4.69) is 10.6 Å². The van der Waals surface area contributed by atoms with Crippen LogP contribution in [0.25, 0.3) is 0 Å². The molecule has 2 N–H and O–H groups in total. The van der Waals surface area contributed by atoms with Crippen molar-refractivity contribution >= 4 is 11.8 Å². The molecular weight excluding hydrogens is 202 g/mol. The maximum atomic E-state index is 10.8. The van der Waals surface area contributed by atoms with Crippen LogP contribution in [0.3, 0.4) is 0 Å². The van der Waals surface area contributed by atoms with E-state index < -0.39 is 4.92 Å². The van der Waals surface area contributed by atoms with Gasteiger partial charge in [0, 0.05) is 7.05 Å². The van der Waals surface area contributed by atoms with Crippen LogP contribution in [0.15, 0.2) is 16.5 Å². The third-order valence-corrected chi connectivity index (χ3v) is 1.69. The zero-order valence-electron chi connectivity index (χ0n) is 8.15. The van der Waals surface area contributed by atoms with E-state index in [1.165, 1.54) is 19.2 Å². The molecule has 1 rings (SSSR count). The maximum Gasteiger partial charge on any atom is 0.433 e. The maximum absolute atomic E-state index is 10.8. The van der Waals surface area contributed by atoms with Gasteiger partial charge in [0.25, 0.3) is 0 Å². The highest BCUT2D eigenvalue weighted by Gasteiger charge is 2.11. The average Bonchev–Trinajstić information content (AvgIpc) is 2.66. The van der Waals surface area contributed by atoms with Crippen LogP contribution in [0.4, 0.5) is 5.88 Å². The van der Waals surface area contributed by atoms with Gasteiger partial charge in [0.05, 0.1) is 19.2 Å². The van der Waals surface area contributed by atoms with E-state index in [4.69, 9.17) is 4.42 Å². The van der Waals surface area contributed by atoms with Gasteiger partial charge in [0.1, 0.15) is 10.7 Å². The van der Waals surface area contributed by atoms with Crippen molar-refractivity contribution < 1.29 is 14.1 Å². The molecule has 0 aliphatic rings. The van der Waals surface area contributed by atoms with E-state index in [1.54, 1.807) is 0 Å². The Kier molecular flexibility index (Phi) is 3.81. The molecule has 1 amide bonds. The van der Waals surface area contributed by atoms with Gasteiger partial charge in [-0.25, -0.2) is 0 Å². The van der Waals surface area contributed by atoms with E-state index in [9.17, 15) is 14.9 Å². The molecule has 0 aliphatic heterocycles. The molecule has 0 unspecified atom stereocenters. The predicted octanol–water partition coefficient (Wildman–Crippen LogP) is 0.0234. The zero-order valence-corrected chi connectivity index (χ0v) is 8.15. The van der Waals surface area contributed by atoms with Gasteiger partial charge in [-0.05, 0) is 6.07 Å². The molecule has 7 heteroatoms. The fraction of sp³-hybridized carbons (Fsp3) is 0.375. The summed E-state index contributed by atoms with van der Waals surface area (Å²) in [5.41, 5.74) is 0. The smallest absolute Gasteiger partial charge is 0.404 e. The molecule has 7 nitrogen and oxygen atoms in total. The van der Waals surface area contributed by atoms with E-state index >= 15 is 0 Å². The number of nitrogens with zero attached hydrogens (tertiary/aromatic N) is 1. The van der Waals surface area contributed by atoms with Crippen molar-refractivity contribution in [1.29, 1.82) is 0 Å². The molecule has 1 heterocycles. The van der Waals surface area contributed by atoms with Crippen LogP contribution in [-0.4, -0.2) is 24.4 Å². The van der Waals surface area contributed by atoms with E-state index in [0.717, 1.165) is 0 Å². The average molecular weight is 213 g/mol. The topological polar surface area (TPSA) is 97.4 Å². The van der Waals surface area contributed by atoms with Crippen LogP contribution < -0.4 is 10.6 Å². The summed E-state index contributed by atoms with van der Waals surface area (Å²) >= 11 is 0. The molecule has 15 heavy (non-hydrogen) atoms. The highest BCUT2D eigenvalue weighted by Crippen LogP contribution is 2.14. The molecular formula is C8H11N3O4. The molecule has 0 spiro atoms. The number of hydrogen-bond donors (Lipinski definition) is 2. The fourth-order valence-corrected chi connectivity index (χ4v) is 0.947. The van der Waals surface area contributed by atoms with Crippen molar-refractivity contribution in [1.82, 2.24) is 10.6 Å². The molecule has 0 aliphatic carbocycles. The summed E-state index contributed by atoms with van der Waals surface area (Å²) in [5, 5.41) is 15.5. The molecule has 0 saturated heterocycles. The van der Waals surface area contributed by atoms with Gasteiger partial charge in [-0.15, -0.1) is 0 Å².